The van der Waals surface area contributed by atoms with Crippen molar-refractivity contribution in [2.24, 2.45) is 14.1 Å². The molecule has 3 aromatic heterocycles. The summed E-state index contributed by atoms with van der Waals surface area (Å²) in [6, 6.07) is 8.75. The molecule has 0 saturated heterocycles. The Balaban J connectivity index is 1.66. The molecule has 0 N–H and O–H groups in total. The van der Waals surface area contributed by atoms with E-state index < -0.39 is 0 Å². The van der Waals surface area contributed by atoms with Crippen molar-refractivity contribution in [3.8, 4) is 11.4 Å². The Hall–Kier alpha value is -3.11. The molecule has 0 spiro atoms. The smallest absolute Gasteiger partial charge is 0.330 e. The van der Waals surface area contributed by atoms with Crippen LogP contribution in [0.15, 0.2) is 49.9 Å². The number of aromatic nitrogens is 4. The molecule has 0 aliphatic heterocycles. The molecule has 34 heavy (non-hydrogen) atoms. The number of thiophene rings is 1. The number of thioether (sulfide) groups is 1. The third kappa shape index (κ3) is 3.80. The summed E-state index contributed by atoms with van der Waals surface area (Å²) in [4.78, 5) is 45.3. The van der Waals surface area contributed by atoms with Gasteiger partial charge in [0.2, 0.25) is 0 Å². The minimum atomic E-state index is -0.384. The minimum Gasteiger partial charge on any atom is -0.497 e. The molecule has 176 valence electrons. The predicted molar refractivity (Wildman–Crippen MR) is 135 cm³/mol. The lowest BCUT2D eigenvalue weighted by molar-refractivity contribution is 0.414. The molecule has 0 amide bonds. The van der Waals surface area contributed by atoms with Crippen molar-refractivity contribution < 1.29 is 4.74 Å². The first-order valence-corrected chi connectivity index (χ1v) is 12.8. The van der Waals surface area contributed by atoms with Gasteiger partial charge in [0.15, 0.2) is 5.16 Å². The van der Waals surface area contributed by atoms with Gasteiger partial charge in [0.1, 0.15) is 10.6 Å². The average molecular weight is 497 g/mol. The van der Waals surface area contributed by atoms with Crippen molar-refractivity contribution >= 4 is 33.3 Å². The van der Waals surface area contributed by atoms with Crippen molar-refractivity contribution in [1.29, 1.82) is 0 Å². The average Bonchev–Trinajstić information content (AvgIpc) is 3.23. The van der Waals surface area contributed by atoms with Crippen LogP contribution in [0.5, 0.6) is 5.75 Å². The summed E-state index contributed by atoms with van der Waals surface area (Å²) < 4.78 is 9.43. The van der Waals surface area contributed by atoms with Gasteiger partial charge in [-0.15, -0.1) is 11.3 Å². The van der Waals surface area contributed by atoms with E-state index in [2.05, 4.69) is 0 Å². The molecule has 10 heteroatoms. The summed E-state index contributed by atoms with van der Waals surface area (Å²) in [5, 5.41) is 1.23. The van der Waals surface area contributed by atoms with E-state index in [9.17, 15) is 14.4 Å². The fourth-order valence-electron chi connectivity index (χ4n) is 4.30. The number of nitrogens with zero attached hydrogens (tertiary/aromatic N) is 4. The number of ether oxygens (including phenoxy) is 1. The molecule has 0 unspecified atom stereocenters. The second-order valence-corrected chi connectivity index (χ2v) is 10.3. The summed E-state index contributed by atoms with van der Waals surface area (Å²) in [6.45, 7) is 0. The van der Waals surface area contributed by atoms with E-state index in [-0.39, 0.29) is 16.8 Å². The molecule has 0 saturated carbocycles. The summed E-state index contributed by atoms with van der Waals surface area (Å²) in [5.41, 5.74) is 1.56. The highest BCUT2D eigenvalue weighted by molar-refractivity contribution is 7.98. The lowest BCUT2D eigenvalue weighted by Gasteiger charge is -2.15. The number of fused-ring (bicyclic) bond motifs is 3. The van der Waals surface area contributed by atoms with Gasteiger partial charge in [-0.3, -0.25) is 23.3 Å². The van der Waals surface area contributed by atoms with Gasteiger partial charge in [-0.2, -0.15) is 0 Å². The fourth-order valence-corrected chi connectivity index (χ4v) is 6.63. The van der Waals surface area contributed by atoms with Crippen LogP contribution in [0.25, 0.3) is 15.9 Å². The van der Waals surface area contributed by atoms with Crippen molar-refractivity contribution in [3.63, 3.8) is 0 Å². The molecule has 0 fully saturated rings. The maximum absolute atomic E-state index is 13.8. The van der Waals surface area contributed by atoms with Gasteiger partial charge in [0.25, 0.3) is 11.1 Å². The highest BCUT2D eigenvalue weighted by Gasteiger charge is 2.23. The Morgan fingerprint density at radius 1 is 1.06 bits per heavy atom. The zero-order valence-corrected chi connectivity index (χ0v) is 20.8. The Labute approximate surface area is 203 Å². The van der Waals surface area contributed by atoms with E-state index >= 15 is 0 Å². The number of hydrogen-bond donors (Lipinski definition) is 0. The third-order valence-corrected chi connectivity index (χ3v) is 8.42. The summed E-state index contributed by atoms with van der Waals surface area (Å²) in [7, 11) is 4.69. The summed E-state index contributed by atoms with van der Waals surface area (Å²) in [6.07, 6.45) is 4.09. The first-order chi connectivity index (χ1) is 16.4. The van der Waals surface area contributed by atoms with Gasteiger partial charge >= 0.3 is 5.69 Å². The van der Waals surface area contributed by atoms with Crippen LogP contribution in [0.3, 0.4) is 0 Å². The maximum atomic E-state index is 13.8. The highest BCUT2D eigenvalue weighted by Crippen LogP contribution is 2.35. The van der Waals surface area contributed by atoms with E-state index in [0.29, 0.717) is 33.4 Å². The monoisotopic (exact) mass is 496 g/mol. The standard InChI is InChI=1S/C24H24N4O4S2/c1-26-15(12-19(29)27(2)24(26)31)13-33-23-25-21-20(17-6-4-5-7-18(17)34-21)22(30)28(23)14-8-10-16(32-3)11-9-14/h8-12H,4-7,13H2,1-3H3. The van der Waals surface area contributed by atoms with Gasteiger partial charge in [-0.05, 0) is 55.5 Å². The van der Waals surface area contributed by atoms with Crippen LogP contribution < -0.4 is 21.5 Å². The number of benzene rings is 1. The first-order valence-electron chi connectivity index (χ1n) is 11.0. The topological polar surface area (TPSA) is 88.1 Å². The molecule has 8 nitrogen and oxygen atoms in total. The highest BCUT2D eigenvalue weighted by atomic mass is 32.2. The van der Waals surface area contributed by atoms with Gasteiger partial charge in [0, 0.05) is 36.5 Å². The zero-order chi connectivity index (χ0) is 24.0. The van der Waals surface area contributed by atoms with Gasteiger partial charge < -0.3 is 4.74 Å². The van der Waals surface area contributed by atoms with Crippen molar-refractivity contribution in [2.45, 2.75) is 36.6 Å². The molecule has 5 rings (SSSR count). The molecular weight excluding hydrogens is 472 g/mol. The second-order valence-electron chi connectivity index (χ2n) is 8.29. The molecule has 0 bridgehead atoms. The van der Waals surface area contributed by atoms with Crippen LogP contribution in [0.2, 0.25) is 0 Å². The molecular formula is C24H24N4O4S2. The van der Waals surface area contributed by atoms with Crippen LogP contribution in [-0.2, 0) is 32.7 Å². The van der Waals surface area contributed by atoms with Crippen molar-refractivity contribution in [1.82, 2.24) is 18.7 Å². The lowest BCUT2D eigenvalue weighted by Crippen LogP contribution is -2.37. The molecule has 1 aromatic carbocycles. The Morgan fingerprint density at radius 2 is 1.79 bits per heavy atom. The number of rotatable bonds is 5. The van der Waals surface area contributed by atoms with Gasteiger partial charge in [0.05, 0.1) is 18.2 Å². The van der Waals surface area contributed by atoms with Crippen LogP contribution in [-0.4, -0.2) is 25.8 Å². The van der Waals surface area contributed by atoms with E-state index in [4.69, 9.17) is 9.72 Å². The number of methoxy groups -OCH3 is 1. The number of aryl methyl sites for hydroxylation is 2. The molecule has 4 aromatic rings. The number of hydrogen-bond acceptors (Lipinski definition) is 7. The van der Waals surface area contributed by atoms with Crippen LogP contribution in [0.4, 0.5) is 0 Å². The van der Waals surface area contributed by atoms with E-state index in [0.717, 1.165) is 40.6 Å². The van der Waals surface area contributed by atoms with Crippen LogP contribution in [0.1, 0.15) is 29.0 Å². The molecule has 1 aliphatic carbocycles. The second kappa shape index (κ2) is 8.92. The normalized spacial score (nSPS) is 13.3. The zero-order valence-electron chi connectivity index (χ0n) is 19.2. The first kappa shape index (κ1) is 22.7. The molecule has 0 atom stereocenters. The third-order valence-electron chi connectivity index (χ3n) is 6.26. The van der Waals surface area contributed by atoms with Gasteiger partial charge in [-0.1, -0.05) is 11.8 Å². The molecule has 0 radical (unpaired) electrons. The SMILES string of the molecule is COc1ccc(-n2c(SCc3cc(=O)n(C)c(=O)n3C)nc3sc4c(c3c2=O)CCCC4)cc1. The molecule has 1 aliphatic rings. The lowest BCUT2D eigenvalue weighted by atomic mass is 9.97. The Kier molecular flexibility index (Phi) is 5.95. The Bertz CT molecular complexity index is 1580. The van der Waals surface area contributed by atoms with Gasteiger partial charge in [-0.25, -0.2) is 9.78 Å². The van der Waals surface area contributed by atoms with E-state index in [1.165, 1.54) is 34.3 Å². The van der Waals surface area contributed by atoms with Crippen LogP contribution in [0, 0.1) is 0 Å². The fraction of sp³-hybridized carbons (Fsp3) is 0.333. The van der Waals surface area contributed by atoms with E-state index in [1.807, 2.05) is 24.3 Å². The van der Waals surface area contributed by atoms with Crippen molar-refractivity contribution in [3.05, 3.63) is 77.7 Å². The Morgan fingerprint density at radius 3 is 2.53 bits per heavy atom. The predicted octanol–water partition coefficient (Wildman–Crippen LogP) is 3.02. The minimum absolute atomic E-state index is 0.0880. The summed E-state index contributed by atoms with van der Waals surface area (Å²) in [5.74, 6) is 1.02. The molecule has 3 heterocycles. The maximum Gasteiger partial charge on any atom is 0.330 e. The van der Waals surface area contributed by atoms with Crippen LogP contribution >= 0.6 is 23.1 Å². The summed E-state index contributed by atoms with van der Waals surface area (Å²) >= 11 is 2.94. The largest absolute Gasteiger partial charge is 0.497 e. The van der Waals surface area contributed by atoms with E-state index in [1.54, 1.807) is 30.1 Å². The van der Waals surface area contributed by atoms with Crippen molar-refractivity contribution in [2.75, 3.05) is 7.11 Å². The quantitative estimate of drug-likeness (QED) is 0.312.